The van der Waals surface area contributed by atoms with Gasteiger partial charge in [-0.05, 0) is 27.2 Å². The molecule has 1 rings (SSSR count). The van der Waals surface area contributed by atoms with E-state index in [-0.39, 0.29) is 24.8 Å². The summed E-state index contributed by atoms with van der Waals surface area (Å²) < 4.78 is 74.0. The fourth-order valence-electron chi connectivity index (χ4n) is 2.31. The van der Waals surface area contributed by atoms with Crippen LogP contribution < -0.4 is 0 Å². The second kappa shape index (κ2) is 7.95. The predicted molar refractivity (Wildman–Crippen MR) is 86.7 cm³/mol. The Morgan fingerprint density at radius 3 is 2.19 bits per heavy atom. The first-order valence-electron chi connectivity index (χ1n) is 7.86. The lowest BCUT2D eigenvalue weighted by atomic mass is 9.92. The van der Waals surface area contributed by atoms with Gasteiger partial charge in [0, 0.05) is 25.9 Å². The number of carbonyl (C=O) groups excluding carboxylic acids is 2. The van der Waals surface area contributed by atoms with E-state index in [0.29, 0.717) is 0 Å². The third-order valence-corrected chi connectivity index (χ3v) is 4.62. The molecule has 0 heterocycles. The number of ether oxygens (including phenoxy) is 2. The second-order valence-electron chi connectivity index (χ2n) is 6.86. The van der Waals surface area contributed by atoms with E-state index in [1.807, 2.05) is 0 Å². The quantitative estimate of drug-likeness (QED) is 0.394. The van der Waals surface area contributed by atoms with Crippen LogP contribution >= 0.6 is 0 Å². The van der Waals surface area contributed by atoms with E-state index < -0.39 is 45.1 Å². The second-order valence-corrected chi connectivity index (χ2v) is 8.40. The molecular formula is C15H22F3NO7S. The summed E-state index contributed by atoms with van der Waals surface area (Å²) in [7, 11) is -3.52. The third kappa shape index (κ3) is 6.01. The summed E-state index contributed by atoms with van der Waals surface area (Å²) in [6.07, 6.45) is -1.18. The van der Waals surface area contributed by atoms with Crippen molar-refractivity contribution in [3.8, 4) is 0 Å². The van der Waals surface area contributed by atoms with Crippen molar-refractivity contribution in [2.45, 2.75) is 57.2 Å². The summed E-state index contributed by atoms with van der Waals surface area (Å²) >= 11 is 0. The number of halogens is 3. The van der Waals surface area contributed by atoms with Gasteiger partial charge in [-0.25, -0.2) is 9.59 Å². The summed E-state index contributed by atoms with van der Waals surface area (Å²) in [6, 6.07) is -0.616. The predicted octanol–water partition coefficient (Wildman–Crippen LogP) is 2.70. The molecule has 8 nitrogen and oxygen atoms in total. The third-order valence-electron chi connectivity index (χ3n) is 3.64. The zero-order valence-corrected chi connectivity index (χ0v) is 16.4. The highest BCUT2D eigenvalue weighted by Crippen LogP contribution is 2.34. The highest BCUT2D eigenvalue weighted by molar-refractivity contribution is 7.87. The van der Waals surface area contributed by atoms with Crippen LogP contribution in [0, 0.1) is 0 Å². The lowest BCUT2D eigenvalue weighted by Gasteiger charge is -2.33. The number of hydrogen-bond acceptors (Lipinski definition) is 7. The minimum atomic E-state index is -5.92. The molecule has 12 heteroatoms. The SMILES string of the molecule is COC(=O)C1=C(OS(=O)(=O)C(F)(F)F)CCC(N(C)C(=O)OC(C)(C)C)C1. The molecule has 0 fully saturated rings. The molecule has 1 atom stereocenters. The van der Waals surface area contributed by atoms with Crippen LogP contribution in [0.4, 0.5) is 18.0 Å². The normalized spacial score (nSPS) is 18.7. The van der Waals surface area contributed by atoms with Crippen LogP contribution in [0.2, 0.25) is 0 Å². The Labute approximate surface area is 155 Å². The van der Waals surface area contributed by atoms with Crippen LogP contribution in [-0.2, 0) is 28.6 Å². The van der Waals surface area contributed by atoms with Crippen molar-refractivity contribution in [2.75, 3.05) is 14.2 Å². The molecule has 0 aliphatic heterocycles. The summed E-state index contributed by atoms with van der Waals surface area (Å²) in [5, 5.41) is 0. The lowest BCUT2D eigenvalue weighted by Crippen LogP contribution is -2.43. The van der Waals surface area contributed by atoms with Crippen LogP contribution in [0.25, 0.3) is 0 Å². The average Bonchev–Trinajstić information content (AvgIpc) is 2.50. The van der Waals surface area contributed by atoms with Crippen LogP contribution in [0.1, 0.15) is 40.0 Å². The molecule has 1 aliphatic rings. The fraction of sp³-hybridized carbons (Fsp3) is 0.733. The van der Waals surface area contributed by atoms with E-state index in [9.17, 15) is 31.2 Å². The zero-order chi connectivity index (χ0) is 21.2. The maximum atomic E-state index is 12.5. The van der Waals surface area contributed by atoms with Gasteiger partial charge in [0.1, 0.15) is 11.4 Å². The summed E-state index contributed by atoms with van der Waals surface area (Å²) in [4.78, 5) is 25.2. The first-order chi connectivity index (χ1) is 12.1. The van der Waals surface area contributed by atoms with Crippen LogP contribution in [-0.4, -0.2) is 56.7 Å². The maximum Gasteiger partial charge on any atom is 0.534 e. The van der Waals surface area contributed by atoms with Gasteiger partial charge in [0.15, 0.2) is 0 Å². The van der Waals surface area contributed by atoms with Gasteiger partial charge in [-0.3, -0.25) is 0 Å². The Balaban J connectivity index is 3.10. The Morgan fingerprint density at radius 1 is 1.19 bits per heavy atom. The molecule has 1 aliphatic carbocycles. The smallest absolute Gasteiger partial charge is 0.466 e. The van der Waals surface area contributed by atoms with Gasteiger partial charge in [0.05, 0.1) is 12.7 Å². The molecule has 0 aromatic heterocycles. The minimum absolute atomic E-state index is 0.0684. The number of esters is 1. The van der Waals surface area contributed by atoms with Gasteiger partial charge in [-0.1, -0.05) is 0 Å². The minimum Gasteiger partial charge on any atom is -0.466 e. The van der Waals surface area contributed by atoms with Crippen molar-refractivity contribution in [2.24, 2.45) is 0 Å². The van der Waals surface area contributed by atoms with Crippen molar-refractivity contribution in [3.63, 3.8) is 0 Å². The molecule has 0 N–H and O–H groups in total. The van der Waals surface area contributed by atoms with Crippen LogP contribution in [0.3, 0.4) is 0 Å². The van der Waals surface area contributed by atoms with Crippen molar-refractivity contribution in [1.82, 2.24) is 4.90 Å². The molecule has 0 radical (unpaired) electrons. The van der Waals surface area contributed by atoms with Crippen molar-refractivity contribution in [1.29, 1.82) is 0 Å². The Bertz CT molecular complexity index is 723. The number of amides is 1. The monoisotopic (exact) mass is 417 g/mol. The van der Waals surface area contributed by atoms with Gasteiger partial charge in [-0.15, -0.1) is 0 Å². The summed E-state index contributed by atoms with van der Waals surface area (Å²) in [6.45, 7) is 4.98. The van der Waals surface area contributed by atoms with Gasteiger partial charge >= 0.3 is 27.7 Å². The number of nitrogens with zero attached hydrogens (tertiary/aromatic N) is 1. The average molecular weight is 417 g/mol. The number of carbonyl (C=O) groups is 2. The van der Waals surface area contributed by atoms with Crippen molar-refractivity contribution in [3.05, 3.63) is 11.3 Å². The standard InChI is InChI=1S/C15H22F3NO7S/c1-14(2,3)25-13(21)19(4)9-6-7-11(10(8-9)12(20)24-5)26-27(22,23)15(16,17)18/h9H,6-8H2,1-5H3. The maximum absolute atomic E-state index is 12.5. The van der Waals surface area contributed by atoms with E-state index in [4.69, 9.17) is 4.74 Å². The fourth-order valence-corrected chi connectivity index (χ4v) is 2.85. The number of rotatable bonds is 4. The van der Waals surface area contributed by atoms with Crippen molar-refractivity contribution >= 4 is 22.2 Å². The molecule has 0 aromatic carbocycles. The Kier molecular flexibility index (Phi) is 6.79. The van der Waals surface area contributed by atoms with Crippen molar-refractivity contribution < 1.29 is 44.8 Å². The molecule has 0 spiro atoms. The van der Waals surface area contributed by atoms with Gasteiger partial charge in [-0.2, -0.15) is 21.6 Å². The van der Waals surface area contributed by atoms with Crippen LogP contribution in [0.5, 0.6) is 0 Å². The number of allylic oxidation sites excluding steroid dienone is 1. The van der Waals surface area contributed by atoms with E-state index >= 15 is 0 Å². The first-order valence-corrected chi connectivity index (χ1v) is 9.26. The summed E-state index contributed by atoms with van der Waals surface area (Å²) in [5.41, 5.74) is -6.78. The lowest BCUT2D eigenvalue weighted by molar-refractivity contribution is -0.136. The Morgan fingerprint density at radius 2 is 1.74 bits per heavy atom. The molecule has 156 valence electrons. The van der Waals surface area contributed by atoms with E-state index in [1.54, 1.807) is 20.8 Å². The topological polar surface area (TPSA) is 99.2 Å². The van der Waals surface area contributed by atoms with Gasteiger partial charge in [0.2, 0.25) is 0 Å². The van der Waals surface area contributed by atoms with Crippen LogP contribution in [0.15, 0.2) is 11.3 Å². The molecular weight excluding hydrogens is 395 g/mol. The van der Waals surface area contributed by atoms with E-state index in [0.717, 1.165) is 7.11 Å². The highest BCUT2D eigenvalue weighted by Gasteiger charge is 2.49. The number of methoxy groups -OCH3 is 1. The molecule has 0 saturated carbocycles. The largest absolute Gasteiger partial charge is 0.534 e. The molecule has 0 aromatic rings. The molecule has 0 saturated heterocycles. The van der Waals surface area contributed by atoms with Gasteiger partial charge in [0.25, 0.3) is 0 Å². The molecule has 27 heavy (non-hydrogen) atoms. The zero-order valence-electron chi connectivity index (χ0n) is 15.5. The highest BCUT2D eigenvalue weighted by atomic mass is 32.2. The summed E-state index contributed by atoms with van der Waals surface area (Å²) in [5.74, 6) is -1.68. The molecule has 1 unspecified atom stereocenters. The molecule has 0 bridgehead atoms. The number of hydrogen-bond donors (Lipinski definition) is 0. The van der Waals surface area contributed by atoms with E-state index in [1.165, 1.54) is 11.9 Å². The van der Waals surface area contributed by atoms with Gasteiger partial charge < -0.3 is 18.6 Å². The number of alkyl halides is 3. The van der Waals surface area contributed by atoms with E-state index in [2.05, 4.69) is 8.92 Å². The molecule has 1 amide bonds. The Hall–Kier alpha value is -1.98. The first kappa shape index (κ1) is 23.1.